The molecule has 0 unspecified atom stereocenters. The van der Waals surface area contributed by atoms with E-state index in [1.807, 2.05) is 66.8 Å². The van der Waals surface area contributed by atoms with E-state index in [-0.39, 0.29) is 5.91 Å². The number of hydrogen-bond donors (Lipinski definition) is 0. The molecular formula is C23H27N5OS. The van der Waals surface area contributed by atoms with Gasteiger partial charge in [0.15, 0.2) is 0 Å². The predicted molar refractivity (Wildman–Crippen MR) is 121 cm³/mol. The summed E-state index contributed by atoms with van der Waals surface area (Å²) in [5.41, 5.74) is 5.11. The quantitative estimate of drug-likeness (QED) is 0.591. The molecule has 30 heavy (non-hydrogen) atoms. The highest BCUT2D eigenvalue weighted by atomic mass is 32.1. The monoisotopic (exact) mass is 421 g/mol. The highest BCUT2D eigenvalue weighted by Gasteiger charge is 2.20. The van der Waals surface area contributed by atoms with E-state index in [0.717, 1.165) is 66.1 Å². The summed E-state index contributed by atoms with van der Waals surface area (Å²) < 4.78 is 1.93. The number of thiazole rings is 1. The second kappa shape index (κ2) is 8.93. The largest absolute Gasteiger partial charge is 0.337 e. The van der Waals surface area contributed by atoms with Crippen molar-refractivity contribution in [3.63, 3.8) is 0 Å². The van der Waals surface area contributed by atoms with Crippen LogP contribution in [0.2, 0.25) is 0 Å². The number of aromatic nitrogens is 3. The second-order valence-electron chi connectivity index (χ2n) is 7.62. The Bertz CT molecular complexity index is 1040. The van der Waals surface area contributed by atoms with Crippen LogP contribution in [0.4, 0.5) is 0 Å². The second-order valence-corrected chi connectivity index (χ2v) is 8.69. The van der Waals surface area contributed by atoms with Crippen molar-refractivity contribution in [1.29, 1.82) is 0 Å². The number of para-hydroxylation sites is 1. The van der Waals surface area contributed by atoms with Crippen LogP contribution in [-0.2, 0) is 11.3 Å². The van der Waals surface area contributed by atoms with Crippen molar-refractivity contribution in [1.82, 2.24) is 24.6 Å². The Morgan fingerprint density at radius 1 is 1.10 bits per heavy atom. The molecule has 3 heterocycles. The first-order valence-electron chi connectivity index (χ1n) is 10.2. The molecule has 1 saturated heterocycles. The van der Waals surface area contributed by atoms with E-state index in [2.05, 4.69) is 20.4 Å². The van der Waals surface area contributed by atoms with Gasteiger partial charge in [0.25, 0.3) is 0 Å². The van der Waals surface area contributed by atoms with Crippen LogP contribution in [0.1, 0.15) is 27.7 Å². The highest BCUT2D eigenvalue weighted by molar-refractivity contribution is 7.09. The number of piperazine rings is 1. The van der Waals surface area contributed by atoms with E-state index in [9.17, 15) is 4.79 Å². The van der Waals surface area contributed by atoms with Gasteiger partial charge in [0.1, 0.15) is 0 Å². The molecule has 156 valence electrons. The van der Waals surface area contributed by atoms with Gasteiger partial charge >= 0.3 is 0 Å². The number of carbonyl (C=O) groups is 1. The molecule has 1 aliphatic heterocycles. The van der Waals surface area contributed by atoms with Gasteiger partial charge in [0.2, 0.25) is 5.91 Å². The maximum absolute atomic E-state index is 12.7. The van der Waals surface area contributed by atoms with E-state index < -0.39 is 0 Å². The van der Waals surface area contributed by atoms with Crippen molar-refractivity contribution < 1.29 is 4.79 Å². The fraction of sp³-hybridized carbons (Fsp3) is 0.348. The Hall–Kier alpha value is -2.77. The number of benzene rings is 1. The molecule has 3 aromatic rings. The van der Waals surface area contributed by atoms with Crippen LogP contribution in [-0.4, -0.2) is 56.7 Å². The van der Waals surface area contributed by atoms with Gasteiger partial charge in [-0.3, -0.25) is 9.69 Å². The molecule has 0 spiro atoms. The maximum atomic E-state index is 12.7. The van der Waals surface area contributed by atoms with Crippen LogP contribution in [0.25, 0.3) is 11.8 Å². The molecule has 6 nitrogen and oxygen atoms in total. The molecule has 0 radical (unpaired) electrons. The van der Waals surface area contributed by atoms with Crippen molar-refractivity contribution in [2.24, 2.45) is 0 Å². The van der Waals surface area contributed by atoms with E-state index in [1.165, 1.54) is 0 Å². The summed E-state index contributed by atoms with van der Waals surface area (Å²) in [6.45, 7) is 10.1. The van der Waals surface area contributed by atoms with Gasteiger partial charge in [-0.15, -0.1) is 11.3 Å². The average Bonchev–Trinajstić information content (AvgIpc) is 3.29. The first-order chi connectivity index (χ1) is 14.5. The van der Waals surface area contributed by atoms with E-state index in [4.69, 9.17) is 0 Å². The lowest BCUT2D eigenvalue weighted by atomic mass is 10.1. The summed E-state index contributed by atoms with van der Waals surface area (Å²) in [7, 11) is 0. The van der Waals surface area contributed by atoms with Crippen molar-refractivity contribution in [3.05, 3.63) is 69.4 Å². The lowest BCUT2D eigenvalue weighted by Crippen LogP contribution is -2.47. The highest BCUT2D eigenvalue weighted by Crippen LogP contribution is 2.19. The van der Waals surface area contributed by atoms with E-state index >= 15 is 0 Å². The van der Waals surface area contributed by atoms with Gasteiger partial charge < -0.3 is 4.90 Å². The lowest BCUT2D eigenvalue weighted by molar-refractivity contribution is -0.127. The van der Waals surface area contributed by atoms with E-state index in [1.54, 1.807) is 17.4 Å². The molecule has 2 aromatic heterocycles. The molecular weight excluding hydrogens is 394 g/mol. The zero-order valence-electron chi connectivity index (χ0n) is 17.7. The summed E-state index contributed by atoms with van der Waals surface area (Å²) in [6.07, 6.45) is 3.59. The lowest BCUT2D eigenvalue weighted by Gasteiger charge is -2.33. The number of hydrogen-bond acceptors (Lipinski definition) is 5. The number of nitrogens with zero attached hydrogens (tertiary/aromatic N) is 5. The Labute approximate surface area is 181 Å². The summed E-state index contributed by atoms with van der Waals surface area (Å²) in [6, 6.07) is 10.1. The Morgan fingerprint density at radius 2 is 1.83 bits per heavy atom. The fourth-order valence-corrected chi connectivity index (χ4v) is 4.42. The van der Waals surface area contributed by atoms with Gasteiger partial charge in [-0.2, -0.15) is 5.10 Å². The summed E-state index contributed by atoms with van der Waals surface area (Å²) >= 11 is 1.69. The molecule has 0 N–H and O–H groups in total. The van der Waals surface area contributed by atoms with Gasteiger partial charge in [-0.05, 0) is 39.0 Å². The van der Waals surface area contributed by atoms with Gasteiger partial charge in [0.05, 0.1) is 22.1 Å². The van der Waals surface area contributed by atoms with Crippen molar-refractivity contribution in [2.45, 2.75) is 27.3 Å². The molecule has 7 heteroatoms. The molecule has 0 saturated carbocycles. The van der Waals surface area contributed by atoms with Crippen LogP contribution in [0.3, 0.4) is 0 Å². The Balaban J connectivity index is 1.37. The van der Waals surface area contributed by atoms with E-state index in [0.29, 0.717) is 0 Å². The van der Waals surface area contributed by atoms with Crippen LogP contribution in [0, 0.1) is 20.8 Å². The summed E-state index contributed by atoms with van der Waals surface area (Å²) in [5, 5.41) is 7.87. The normalized spacial score (nSPS) is 15.2. The molecule has 1 aromatic carbocycles. The smallest absolute Gasteiger partial charge is 0.246 e. The Kier molecular flexibility index (Phi) is 6.11. The SMILES string of the molecule is Cc1nc(CN2CCN(C(=O)/C=C/c3c(C)nn(-c4ccccc4)c3C)CC2)cs1. The third kappa shape index (κ3) is 4.52. The van der Waals surface area contributed by atoms with Crippen molar-refractivity contribution in [3.8, 4) is 5.69 Å². The molecule has 0 bridgehead atoms. The Morgan fingerprint density at radius 3 is 2.50 bits per heavy atom. The first kappa shape index (κ1) is 20.5. The van der Waals surface area contributed by atoms with Crippen LogP contribution >= 0.6 is 11.3 Å². The molecule has 4 rings (SSSR count). The zero-order chi connectivity index (χ0) is 21.1. The van der Waals surface area contributed by atoms with Gasteiger partial charge in [-0.25, -0.2) is 9.67 Å². The summed E-state index contributed by atoms with van der Waals surface area (Å²) in [4.78, 5) is 21.5. The molecule has 1 fully saturated rings. The van der Waals surface area contributed by atoms with Gasteiger partial charge in [-0.1, -0.05) is 18.2 Å². The number of rotatable bonds is 5. The molecule has 0 aliphatic carbocycles. The van der Waals surface area contributed by atoms with Crippen molar-refractivity contribution in [2.75, 3.05) is 26.2 Å². The maximum Gasteiger partial charge on any atom is 0.246 e. The topological polar surface area (TPSA) is 54.3 Å². The molecule has 0 atom stereocenters. The fourth-order valence-electron chi connectivity index (χ4n) is 3.81. The van der Waals surface area contributed by atoms with Crippen LogP contribution in [0.15, 0.2) is 41.8 Å². The zero-order valence-corrected chi connectivity index (χ0v) is 18.5. The average molecular weight is 422 g/mol. The molecule has 1 amide bonds. The number of amides is 1. The minimum Gasteiger partial charge on any atom is -0.337 e. The standard InChI is InChI=1S/C23H27N5OS/c1-17-22(18(2)28(25-17)21-7-5-4-6-8-21)9-10-23(29)27-13-11-26(12-14-27)15-20-16-30-19(3)24-20/h4-10,16H,11-15H2,1-3H3/b10-9+. The minimum absolute atomic E-state index is 0.0606. The van der Waals surface area contributed by atoms with Crippen LogP contribution < -0.4 is 0 Å². The summed E-state index contributed by atoms with van der Waals surface area (Å²) in [5.74, 6) is 0.0606. The number of aryl methyl sites for hydroxylation is 2. The van der Waals surface area contributed by atoms with Gasteiger partial charge in [0, 0.05) is 55.4 Å². The van der Waals surface area contributed by atoms with Crippen LogP contribution in [0.5, 0.6) is 0 Å². The predicted octanol–water partition coefficient (Wildman–Crippen LogP) is 3.61. The number of carbonyl (C=O) groups excluding carboxylic acids is 1. The third-order valence-electron chi connectivity index (χ3n) is 5.48. The minimum atomic E-state index is 0.0606. The molecule has 1 aliphatic rings. The third-order valence-corrected chi connectivity index (χ3v) is 6.30. The van der Waals surface area contributed by atoms with Crippen molar-refractivity contribution >= 4 is 23.3 Å². The first-order valence-corrected chi connectivity index (χ1v) is 11.1.